The first-order valence-electron chi connectivity index (χ1n) is 6.96. The molecule has 100 valence electrons. The highest BCUT2D eigenvalue weighted by Crippen LogP contribution is 2.81. The van der Waals surface area contributed by atoms with Crippen molar-refractivity contribution in [2.24, 2.45) is 5.92 Å². The second kappa shape index (κ2) is 4.23. The number of hydrogen-bond donors (Lipinski definition) is 0. The van der Waals surface area contributed by atoms with Gasteiger partial charge in [0, 0.05) is 15.6 Å². The normalized spacial score (nSPS) is 32.8. The predicted molar refractivity (Wildman–Crippen MR) is 80.2 cm³/mol. The summed E-state index contributed by atoms with van der Waals surface area (Å²) in [5, 5.41) is 0.939. The topological polar surface area (TPSA) is 17.1 Å². The maximum absolute atomic E-state index is 13.7. The first-order valence-corrected chi connectivity index (χ1v) is 8.66. The molecule has 1 aromatic rings. The lowest BCUT2D eigenvalue weighted by atomic mass is 9.79. The van der Waals surface area contributed by atoms with Crippen molar-refractivity contribution in [2.45, 2.75) is 57.8 Å². The van der Waals surface area contributed by atoms with Crippen molar-refractivity contribution in [3.05, 3.63) is 30.3 Å². The summed E-state index contributed by atoms with van der Waals surface area (Å²) in [5.41, 5.74) is 0. The van der Waals surface area contributed by atoms with Gasteiger partial charge in [0.05, 0.1) is 0 Å². The molecule has 1 fully saturated rings. The Balaban J connectivity index is 2.49. The standard InChI is InChI=1S/C16H25OP/c1-6-10-14-15(2,3)18(17,16(14,4)5)13-11-8-7-9-12-13/h7-9,11-12,14H,6,10H2,1-5H3. The zero-order valence-electron chi connectivity index (χ0n) is 12.2. The average Bonchev–Trinajstić information content (AvgIpc) is 2.35. The van der Waals surface area contributed by atoms with Crippen molar-refractivity contribution in [3.8, 4) is 0 Å². The van der Waals surface area contributed by atoms with Gasteiger partial charge in [0.25, 0.3) is 0 Å². The van der Waals surface area contributed by atoms with Gasteiger partial charge in [-0.05, 0) is 12.3 Å². The van der Waals surface area contributed by atoms with Gasteiger partial charge in [-0.15, -0.1) is 0 Å². The third-order valence-electron chi connectivity index (χ3n) is 5.03. The molecule has 18 heavy (non-hydrogen) atoms. The summed E-state index contributed by atoms with van der Waals surface area (Å²) >= 11 is 0. The zero-order valence-corrected chi connectivity index (χ0v) is 13.1. The van der Waals surface area contributed by atoms with Gasteiger partial charge in [-0.1, -0.05) is 71.4 Å². The molecule has 0 aliphatic carbocycles. The summed E-state index contributed by atoms with van der Waals surface area (Å²) in [5.74, 6) is 0.557. The van der Waals surface area contributed by atoms with Crippen molar-refractivity contribution in [2.75, 3.05) is 0 Å². The molecule has 1 heterocycles. The van der Waals surface area contributed by atoms with E-state index in [0.717, 1.165) is 5.30 Å². The van der Waals surface area contributed by atoms with Crippen LogP contribution in [0.5, 0.6) is 0 Å². The zero-order chi connectivity index (χ0) is 13.6. The summed E-state index contributed by atoms with van der Waals surface area (Å²) in [6.07, 6.45) is 2.35. The molecule has 1 aromatic carbocycles. The van der Waals surface area contributed by atoms with Crippen molar-refractivity contribution in [1.82, 2.24) is 0 Å². The maximum Gasteiger partial charge on any atom is 0.126 e. The van der Waals surface area contributed by atoms with Gasteiger partial charge in [0.2, 0.25) is 0 Å². The fourth-order valence-corrected chi connectivity index (χ4v) is 9.26. The van der Waals surface area contributed by atoms with Crippen LogP contribution in [0.3, 0.4) is 0 Å². The number of hydrogen-bond acceptors (Lipinski definition) is 1. The molecule has 1 nitrogen and oxygen atoms in total. The van der Waals surface area contributed by atoms with E-state index in [2.05, 4.69) is 34.6 Å². The lowest BCUT2D eigenvalue weighted by molar-refractivity contribution is 0.236. The van der Waals surface area contributed by atoms with Crippen LogP contribution in [0.25, 0.3) is 0 Å². The highest BCUT2D eigenvalue weighted by molar-refractivity contribution is 7.76. The Morgan fingerprint density at radius 1 is 1.06 bits per heavy atom. The molecule has 0 radical (unpaired) electrons. The Bertz CT molecular complexity index is 453. The Morgan fingerprint density at radius 2 is 1.56 bits per heavy atom. The molecule has 0 bridgehead atoms. The van der Waals surface area contributed by atoms with Crippen LogP contribution in [0.4, 0.5) is 0 Å². The Hall–Kier alpha value is -0.550. The highest BCUT2D eigenvalue weighted by atomic mass is 31.2. The van der Waals surface area contributed by atoms with Crippen LogP contribution in [0.15, 0.2) is 30.3 Å². The third kappa shape index (κ3) is 1.50. The van der Waals surface area contributed by atoms with E-state index >= 15 is 0 Å². The van der Waals surface area contributed by atoms with Crippen LogP contribution >= 0.6 is 7.14 Å². The molecule has 0 atom stereocenters. The van der Waals surface area contributed by atoms with Crippen molar-refractivity contribution in [1.29, 1.82) is 0 Å². The van der Waals surface area contributed by atoms with Crippen molar-refractivity contribution in [3.63, 3.8) is 0 Å². The van der Waals surface area contributed by atoms with E-state index in [9.17, 15) is 4.57 Å². The largest absolute Gasteiger partial charge is 0.317 e. The maximum atomic E-state index is 13.7. The Kier molecular flexibility index (Phi) is 3.26. The van der Waals surface area contributed by atoms with E-state index in [0.29, 0.717) is 5.92 Å². The lowest BCUT2D eigenvalue weighted by Crippen LogP contribution is -2.61. The van der Waals surface area contributed by atoms with Crippen LogP contribution in [0, 0.1) is 5.92 Å². The predicted octanol–water partition coefficient (Wildman–Crippen LogP) is 4.66. The molecule has 0 unspecified atom stereocenters. The fourth-order valence-electron chi connectivity index (χ4n) is 4.28. The summed E-state index contributed by atoms with van der Waals surface area (Å²) < 4.78 is 13.7. The van der Waals surface area contributed by atoms with E-state index in [-0.39, 0.29) is 10.3 Å². The fraction of sp³-hybridized carbons (Fsp3) is 0.625. The second-order valence-electron chi connectivity index (χ2n) is 6.59. The first kappa shape index (κ1) is 13.9. The molecule has 0 spiro atoms. The number of rotatable bonds is 3. The second-order valence-corrected chi connectivity index (χ2v) is 10.6. The molecule has 1 aliphatic rings. The molecule has 1 aliphatic heterocycles. The molecule has 0 amide bonds. The van der Waals surface area contributed by atoms with E-state index in [4.69, 9.17) is 0 Å². The molecule has 2 rings (SSSR count). The van der Waals surface area contributed by atoms with Crippen LogP contribution in [-0.4, -0.2) is 10.3 Å². The molecular weight excluding hydrogens is 239 g/mol. The third-order valence-corrected chi connectivity index (χ3v) is 9.92. The van der Waals surface area contributed by atoms with E-state index < -0.39 is 7.14 Å². The highest BCUT2D eigenvalue weighted by Gasteiger charge is 2.69. The summed E-state index contributed by atoms with van der Waals surface area (Å²) in [6, 6.07) is 10.1. The van der Waals surface area contributed by atoms with Gasteiger partial charge in [-0.2, -0.15) is 0 Å². The van der Waals surface area contributed by atoms with Gasteiger partial charge in [-0.3, -0.25) is 0 Å². The Labute approximate surface area is 111 Å². The SMILES string of the molecule is CCCC1C(C)(C)P(=O)(c2ccccc2)C1(C)C. The molecule has 0 saturated carbocycles. The lowest BCUT2D eigenvalue weighted by Gasteiger charge is -2.64. The van der Waals surface area contributed by atoms with Crippen molar-refractivity contribution < 1.29 is 4.57 Å². The summed E-state index contributed by atoms with van der Waals surface area (Å²) in [7, 11) is -2.34. The molecule has 1 saturated heterocycles. The Morgan fingerprint density at radius 3 is 2.00 bits per heavy atom. The average molecular weight is 264 g/mol. The van der Waals surface area contributed by atoms with Gasteiger partial charge >= 0.3 is 0 Å². The van der Waals surface area contributed by atoms with Crippen LogP contribution < -0.4 is 5.30 Å². The molecule has 2 heteroatoms. The van der Waals surface area contributed by atoms with Gasteiger partial charge in [0.1, 0.15) is 7.14 Å². The summed E-state index contributed by atoms with van der Waals surface area (Å²) in [6.45, 7) is 11.0. The van der Waals surface area contributed by atoms with Gasteiger partial charge in [0.15, 0.2) is 0 Å². The molecular formula is C16H25OP. The minimum Gasteiger partial charge on any atom is -0.317 e. The van der Waals surface area contributed by atoms with E-state index in [1.54, 1.807) is 0 Å². The smallest absolute Gasteiger partial charge is 0.126 e. The van der Waals surface area contributed by atoms with Crippen LogP contribution in [0.2, 0.25) is 0 Å². The summed E-state index contributed by atoms with van der Waals surface area (Å²) in [4.78, 5) is 0. The van der Waals surface area contributed by atoms with E-state index in [1.807, 2.05) is 30.3 Å². The minimum atomic E-state index is -2.34. The van der Waals surface area contributed by atoms with Crippen LogP contribution in [0.1, 0.15) is 47.5 Å². The van der Waals surface area contributed by atoms with Gasteiger partial charge in [-0.25, -0.2) is 0 Å². The monoisotopic (exact) mass is 264 g/mol. The number of benzene rings is 1. The quantitative estimate of drug-likeness (QED) is 0.725. The molecule has 0 aromatic heterocycles. The first-order chi connectivity index (χ1) is 8.30. The van der Waals surface area contributed by atoms with Crippen molar-refractivity contribution >= 4 is 12.4 Å². The van der Waals surface area contributed by atoms with E-state index in [1.165, 1.54) is 12.8 Å². The molecule has 0 N–H and O–H groups in total. The van der Waals surface area contributed by atoms with Crippen LogP contribution in [-0.2, 0) is 4.57 Å². The van der Waals surface area contributed by atoms with Gasteiger partial charge < -0.3 is 4.57 Å². The minimum absolute atomic E-state index is 0.0616.